The maximum atomic E-state index is 11.1. The summed E-state index contributed by atoms with van der Waals surface area (Å²) in [6.45, 7) is 0.0294. The van der Waals surface area contributed by atoms with Crippen LogP contribution in [0.5, 0.6) is 0 Å². The Bertz CT molecular complexity index is 310. The fourth-order valence-corrected chi connectivity index (χ4v) is 3.04. The van der Waals surface area contributed by atoms with Crippen molar-refractivity contribution in [3.05, 3.63) is 11.6 Å². The first kappa shape index (κ1) is 11.6. The van der Waals surface area contributed by atoms with Crippen molar-refractivity contribution >= 4 is 5.97 Å². The summed E-state index contributed by atoms with van der Waals surface area (Å²) < 4.78 is 4.63. The number of aliphatic hydroxyl groups excluding tert-OH is 2. The lowest BCUT2D eigenvalue weighted by Crippen LogP contribution is -2.23. The van der Waals surface area contributed by atoms with E-state index < -0.39 is 6.10 Å². The molecular weight excluding hydrogens is 208 g/mol. The highest BCUT2D eigenvalue weighted by atomic mass is 16.5. The van der Waals surface area contributed by atoms with Gasteiger partial charge in [-0.25, -0.2) is 0 Å². The van der Waals surface area contributed by atoms with Crippen LogP contribution in [-0.4, -0.2) is 36.0 Å². The molecule has 90 valence electrons. The molecule has 0 radical (unpaired) electrons. The van der Waals surface area contributed by atoms with Crippen molar-refractivity contribution in [2.24, 2.45) is 17.8 Å². The Morgan fingerprint density at radius 3 is 3.00 bits per heavy atom. The summed E-state index contributed by atoms with van der Waals surface area (Å²) in [4.78, 5) is 11.1. The lowest BCUT2D eigenvalue weighted by molar-refractivity contribution is -0.139. The maximum Gasteiger partial charge on any atom is 0.309 e. The Morgan fingerprint density at radius 2 is 2.38 bits per heavy atom. The van der Waals surface area contributed by atoms with Gasteiger partial charge in [-0.1, -0.05) is 11.6 Å². The molecule has 0 aromatic heterocycles. The molecule has 16 heavy (non-hydrogen) atoms. The maximum absolute atomic E-state index is 11.1. The topological polar surface area (TPSA) is 66.8 Å². The van der Waals surface area contributed by atoms with Crippen LogP contribution >= 0.6 is 0 Å². The highest BCUT2D eigenvalue weighted by Gasteiger charge is 2.44. The summed E-state index contributed by atoms with van der Waals surface area (Å²) in [6, 6.07) is 0. The van der Waals surface area contributed by atoms with Crippen molar-refractivity contribution in [3.8, 4) is 0 Å². The number of hydrogen-bond acceptors (Lipinski definition) is 4. The Labute approximate surface area is 94.9 Å². The monoisotopic (exact) mass is 226 g/mol. The molecule has 4 nitrogen and oxygen atoms in total. The van der Waals surface area contributed by atoms with Gasteiger partial charge in [-0.05, 0) is 24.7 Å². The standard InChI is InChI=1S/C12H18O4/c1-16-12(15)4-7-2-8-5-11(14)10(6-13)9(8)3-7/h2,8-11,13-14H,3-6H2,1H3/t8-,9-,10+,11+/m1/s1. The Hall–Kier alpha value is -0.870. The van der Waals surface area contributed by atoms with Gasteiger partial charge in [-0.15, -0.1) is 0 Å². The summed E-state index contributed by atoms with van der Waals surface area (Å²) in [5.74, 6) is 0.384. The summed E-state index contributed by atoms with van der Waals surface area (Å²) >= 11 is 0. The van der Waals surface area contributed by atoms with Gasteiger partial charge in [-0.2, -0.15) is 0 Å². The predicted molar refractivity (Wildman–Crippen MR) is 57.5 cm³/mol. The second-order valence-electron chi connectivity index (χ2n) is 4.76. The van der Waals surface area contributed by atoms with E-state index in [1.165, 1.54) is 7.11 Å². The fraction of sp³-hybridized carbons (Fsp3) is 0.750. The highest BCUT2D eigenvalue weighted by Crippen LogP contribution is 2.47. The molecule has 4 atom stereocenters. The van der Waals surface area contributed by atoms with E-state index >= 15 is 0 Å². The molecule has 2 aliphatic rings. The van der Waals surface area contributed by atoms with Gasteiger partial charge in [0.05, 0.1) is 19.6 Å². The number of allylic oxidation sites excluding steroid dienone is 1. The van der Waals surface area contributed by atoms with Gasteiger partial charge in [0, 0.05) is 12.5 Å². The number of esters is 1. The smallest absolute Gasteiger partial charge is 0.309 e. The molecule has 0 bridgehead atoms. The number of carbonyl (C=O) groups excluding carboxylic acids is 1. The molecule has 2 rings (SSSR count). The molecule has 0 aromatic rings. The molecule has 0 spiro atoms. The van der Waals surface area contributed by atoms with Gasteiger partial charge < -0.3 is 14.9 Å². The van der Waals surface area contributed by atoms with Crippen LogP contribution < -0.4 is 0 Å². The van der Waals surface area contributed by atoms with Crippen LogP contribution in [0.3, 0.4) is 0 Å². The molecule has 2 aliphatic carbocycles. The lowest BCUT2D eigenvalue weighted by Gasteiger charge is -2.18. The second kappa shape index (κ2) is 4.55. The number of hydrogen-bond donors (Lipinski definition) is 2. The normalized spacial score (nSPS) is 37.1. The zero-order valence-electron chi connectivity index (χ0n) is 9.43. The molecule has 0 saturated heterocycles. The largest absolute Gasteiger partial charge is 0.469 e. The van der Waals surface area contributed by atoms with E-state index in [-0.39, 0.29) is 18.5 Å². The van der Waals surface area contributed by atoms with Crippen molar-refractivity contribution < 1.29 is 19.7 Å². The van der Waals surface area contributed by atoms with E-state index in [2.05, 4.69) is 10.8 Å². The van der Waals surface area contributed by atoms with Crippen LogP contribution in [0.25, 0.3) is 0 Å². The number of carbonyl (C=O) groups is 1. The minimum Gasteiger partial charge on any atom is -0.469 e. The summed E-state index contributed by atoms with van der Waals surface area (Å²) in [5, 5.41) is 19.0. The van der Waals surface area contributed by atoms with E-state index in [9.17, 15) is 15.0 Å². The van der Waals surface area contributed by atoms with Crippen molar-refractivity contribution in [1.29, 1.82) is 0 Å². The van der Waals surface area contributed by atoms with Crippen LogP contribution in [0.4, 0.5) is 0 Å². The average molecular weight is 226 g/mol. The Balaban J connectivity index is 1.99. The van der Waals surface area contributed by atoms with E-state index in [1.54, 1.807) is 0 Å². The molecule has 1 fully saturated rings. The first-order valence-corrected chi connectivity index (χ1v) is 5.71. The predicted octanol–water partition coefficient (Wildman–Crippen LogP) is 0.485. The van der Waals surface area contributed by atoms with Crippen molar-refractivity contribution in [1.82, 2.24) is 0 Å². The Kier molecular flexibility index (Phi) is 3.30. The quantitative estimate of drug-likeness (QED) is 0.543. The second-order valence-corrected chi connectivity index (χ2v) is 4.76. The molecule has 1 saturated carbocycles. The van der Waals surface area contributed by atoms with Crippen LogP contribution in [0, 0.1) is 17.8 Å². The fourth-order valence-electron chi connectivity index (χ4n) is 3.04. The number of ether oxygens (including phenoxy) is 1. The molecule has 0 aromatic carbocycles. The van der Waals surface area contributed by atoms with E-state index in [0.717, 1.165) is 12.0 Å². The average Bonchev–Trinajstić information content (AvgIpc) is 2.73. The van der Waals surface area contributed by atoms with Gasteiger partial charge >= 0.3 is 5.97 Å². The summed E-state index contributed by atoms with van der Waals surface area (Å²) in [5.41, 5.74) is 1.09. The molecule has 2 N–H and O–H groups in total. The summed E-state index contributed by atoms with van der Waals surface area (Å²) in [7, 11) is 1.39. The van der Waals surface area contributed by atoms with Gasteiger partial charge in [-0.3, -0.25) is 4.79 Å². The molecule has 0 aliphatic heterocycles. The van der Waals surface area contributed by atoms with Crippen LogP contribution in [-0.2, 0) is 9.53 Å². The third-order valence-corrected chi connectivity index (χ3v) is 3.87. The SMILES string of the molecule is COC(=O)CC1=C[C@@H]2C[C@H](O)[C@@H](CO)[C@@H]2C1. The highest BCUT2D eigenvalue weighted by molar-refractivity contribution is 5.72. The number of rotatable bonds is 3. The van der Waals surface area contributed by atoms with Gasteiger partial charge in [0.2, 0.25) is 0 Å². The van der Waals surface area contributed by atoms with Crippen molar-refractivity contribution in [2.45, 2.75) is 25.4 Å². The molecular formula is C12H18O4. The van der Waals surface area contributed by atoms with Gasteiger partial charge in [0.25, 0.3) is 0 Å². The number of methoxy groups -OCH3 is 1. The Morgan fingerprint density at radius 1 is 1.62 bits per heavy atom. The van der Waals surface area contributed by atoms with E-state index in [4.69, 9.17) is 0 Å². The molecule has 0 heterocycles. The van der Waals surface area contributed by atoms with Crippen LogP contribution in [0.15, 0.2) is 11.6 Å². The molecule has 0 unspecified atom stereocenters. The van der Waals surface area contributed by atoms with Gasteiger partial charge in [0.1, 0.15) is 0 Å². The van der Waals surface area contributed by atoms with Crippen molar-refractivity contribution in [2.75, 3.05) is 13.7 Å². The third kappa shape index (κ3) is 1.99. The van der Waals surface area contributed by atoms with Crippen molar-refractivity contribution in [3.63, 3.8) is 0 Å². The zero-order valence-corrected chi connectivity index (χ0v) is 9.43. The first-order valence-electron chi connectivity index (χ1n) is 5.71. The minimum absolute atomic E-state index is 0.0294. The van der Waals surface area contributed by atoms with Crippen LogP contribution in [0.1, 0.15) is 19.3 Å². The number of fused-ring (bicyclic) bond motifs is 1. The number of aliphatic hydroxyl groups is 2. The van der Waals surface area contributed by atoms with Crippen LogP contribution in [0.2, 0.25) is 0 Å². The minimum atomic E-state index is -0.393. The molecule has 0 amide bonds. The summed E-state index contributed by atoms with van der Waals surface area (Å²) in [6.07, 6.45) is 3.55. The van der Waals surface area contributed by atoms with E-state index in [1.807, 2.05) is 0 Å². The third-order valence-electron chi connectivity index (χ3n) is 3.87. The molecule has 4 heteroatoms. The van der Waals surface area contributed by atoms with E-state index in [0.29, 0.717) is 24.7 Å². The lowest BCUT2D eigenvalue weighted by atomic mass is 9.90. The van der Waals surface area contributed by atoms with Gasteiger partial charge in [0.15, 0.2) is 0 Å². The first-order chi connectivity index (χ1) is 7.65. The zero-order chi connectivity index (χ0) is 11.7.